The molecule has 1 aromatic heterocycles. The van der Waals surface area contributed by atoms with Crippen LogP contribution < -0.4 is 15.9 Å². The second kappa shape index (κ2) is 8.05. The number of aromatic nitrogens is 2. The Labute approximate surface area is 189 Å². The largest absolute Gasteiger partial charge is 0.444 e. The van der Waals surface area contributed by atoms with Gasteiger partial charge in [0.05, 0.1) is 11.0 Å². The van der Waals surface area contributed by atoms with E-state index in [0.29, 0.717) is 23.3 Å². The number of benzene rings is 1. The Balaban J connectivity index is 1.60. The Morgan fingerprint density at radius 1 is 1.09 bits per heavy atom. The minimum Gasteiger partial charge on any atom is -0.444 e. The first-order valence-electron chi connectivity index (χ1n) is 10.8. The van der Waals surface area contributed by atoms with Gasteiger partial charge >= 0.3 is 11.8 Å². The molecule has 0 spiro atoms. The molecule has 2 aliphatic heterocycles. The fourth-order valence-electron chi connectivity index (χ4n) is 4.18. The van der Waals surface area contributed by atoms with Crippen molar-refractivity contribution in [1.82, 2.24) is 19.4 Å². The number of carbonyl (C=O) groups excluding carboxylic acids is 4. The number of ether oxygens (including phenoxy) is 1. The number of hydrogen-bond acceptors (Lipinski definition) is 6. The van der Waals surface area contributed by atoms with Crippen LogP contribution in [0.1, 0.15) is 39.7 Å². The van der Waals surface area contributed by atoms with E-state index in [1.807, 2.05) is 0 Å². The van der Waals surface area contributed by atoms with Gasteiger partial charge in [-0.1, -0.05) is 0 Å². The molecule has 1 atom stereocenters. The van der Waals surface area contributed by atoms with Crippen LogP contribution in [0.15, 0.2) is 23.0 Å². The molecular formula is C22H27N5O6. The summed E-state index contributed by atoms with van der Waals surface area (Å²) in [7, 11) is 1.60. The number of carbonyl (C=O) groups is 4. The van der Waals surface area contributed by atoms with Gasteiger partial charge in [-0.25, -0.2) is 9.59 Å². The van der Waals surface area contributed by atoms with Crippen molar-refractivity contribution >= 4 is 40.5 Å². The van der Waals surface area contributed by atoms with E-state index < -0.39 is 23.6 Å². The lowest BCUT2D eigenvalue weighted by Gasteiger charge is -2.35. The summed E-state index contributed by atoms with van der Waals surface area (Å²) in [5.41, 5.74) is 0.665. The summed E-state index contributed by atoms with van der Waals surface area (Å²) in [6, 6.07) is 4.36. The van der Waals surface area contributed by atoms with Crippen molar-refractivity contribution in [3.05, 3.63) is 28.7 Å². The Hall–Kier alpha value is -3.63. The number of imide groups is 1. The molecule has 1 N–H and O–H groups in total. The number of nitrogens with zero attached hydrogens (tertiary/aromatic N) is 4. The summed E-state index contributed by atoms with van der Waals surface area (Å²) in [5, 5.41) is 2.28. The third kappa shape index (κ3) is 4.22. The minimum absolute atomic E-state index is 0.108. The summed E-state index contributed by atoms with van der Waals surface area (Å²) < 4.78 is 8.16. The van der Waals surface area contributed by atoms with Crippen molar-refractivity contribution in [1.29, 1.82) is 0 Å². The molecule has 2 fully saturated rings. The number of hydrogen-bond donors (Lipinski definition) is 1. The molecule has 2 aromatic rings. The number of imidazole rings is 1. The number of amides is 4. The number of piperazine rings is 1. The van der Waals surface area contributed by atoms with Crippen molar-refractivity contribution < 1.29 is 23.9 Å². The van der Waals surface area contributed by atoms with Crippen LogP contribution in [0.2, 0.25) is 0 Å². The summed E-state index contributed by atoms with van der Waals surface area (Å²) in [4.78, 5) is 64.8. The number of rotatable bonds is 2. The van der Waals surface area contributed by atoms with Crippen LogP contribution in [0.25, 0.3) is 11.0 Å². The molecule has 1 aromatic carbocycles. The Morgan fingerprint density at radius 3 is 2.45 bits per heavy atom. The molecule has 11 heteroatoms. The zero-order chi connectivity index (χ0) is 24.1. The van der Waals surface area contributed by atoms with Gasteiger partial charge in [0, 0.05) is 32.2 Å². The molecule has 2 aliphatic rings. The molecule has 3 heterocycles. The van der Waals surface area contributed by atoms with E-state index in [2.05, 4.69) is 5.32 Å². The van der Waals surface area contributed by atoms with Gasteiger partial charge in [0.1, 0.15) is 18.2 Å². The third-order valence-corrected chi connectivity index (χ3v) is 5.78. The summed E-state index contributed by atoms with van der Waals surface area (Å²) in [5.74, 6) is -1.12. The molecule has 0 radical (unpaired) electrons. The predicted octanol–water partition coefficient (Wildman–Crippen LogP) is 0.901. The van der Waals surface area contributed by atoms with Crippen LogP contribution in [0.5, 0.6) is 0 Å². The minimum atomic E-state index is -0.774. The maximum atomic E-state index is 12.9. The van der Waals surface area contributed by atoms with E-state index in [0.717, 1.165) is 0 Å². The quantitative estimate of drug-likeness (QED) is 0.669. The lowest BCUT2D eigenvalue weighted by atomic mass is 10.1. The highest BCUT2D eigenvalue weighted by atomic mass is 16.6. The molecular weight excluding hydrogens is 430 g/mol. The number of fused-ring (bicyclic) bond motifs is 1. The lowest BCUT2D eigenvalue weighted by molar-refractivity contribution is -0.135. The van der Waals surface area contributed by atoms with Gasteiger partial charge in [-0.15, -0.1) is 0 Å². The first kappa shape index (κ1) is 22.6. The second-order valence-corrected chi connectivity index (χ2v) is 9.30. The van der Waals surface area contributed by atoms with Crippen LogP contribution in [-0.4, -0.2) is 63.1 Å². The molecule has 11 nitrogen and oxygen atoms in total. The van der Waals surface area contributed by atoms with E-state index >= 15 is 0 Å². The number of anilines is 1. The van der Waals surface area contributed by atoms with Crippen LogP contribution in [0.3, 0.4) is 0 Å². The lowest BCUT2D eigenvalue weighted by Crippen LogP contribution is -2.53. The highest BCUT2D eigenvalue weighted by Crippen LogP contribution is 2.27. The van der Waals surface area contributed by atoms with Crippen molar-refractivity contribution in [3.63, 3.8) is 0 Å². The monoisotopic (exact) mass is 457 g/mol. The topological polar surface area (TPSA) is 123 Å². The maximum absolute atomic E-state index is 12.9. The molecule has 2 saturated heterocycles. The van der Waals surface area contributed by atoms with Gasteiger partial charge in [-0.3, -0.25) is 33.7 Å². The standard InChI is InChI=1S/C22H27N5O6/c1-22(2,3)33-21(32)25-9-10-26(18(29)12-25)13-5-6-14-16(11-13)24(4)20(31)27(14)15-7-8-17(28)23-19(15)30/h5-6,11,15H,7-10,12H2,1-4H3,(H,23,28,30). The molecule has 1 unspecified atom stereocenters. The molecule has 0 saturated carbocycles. The molecule has 176 valence electrons. The fourth-order valence-corrected chi connectivity index (χ4v) is 4.18. The first-order valence-corrected chi connectivity index (χ1v) is 10.8. The van der Waals surface area contributed by atoms with Gasteiger partial charge in [0.2, 0.25) is 17.7 Å². The zero-order valence-corrected chi connectivity index (χ0v) is 19.1. The molecule has 0 aliphatic carbocycles. The van der Waals surface area contributed by atoms with Crippen molar-refractivity contribution in [2.75, 3.05) is 24.5 Å². The number of piperidine rings is 1. The summed E-state index contributed by atoms with van der Waals surface area (Å²) in [6.07, 6.45) is -0.126. The molecule has 4 rings (SSSR count). The first-order chi connectivity index (χ1) is 15.5. The average Bonchev–Trinajstić information content (AvgIpc) is 2.97. The molecule has 4 amide bonds. The smallest absolute Gasteiger partial charge is 0.410 e. The number of aryl methyl sites for hydroxylation is 1. The number of nitrogens with one attached hydrogen (secondary N) is 1. The Bertz CT molecular complexity index is 1220. The van der Waals surface area contributed by atoms with Crippen LogP contribution >= 0.6 is 0 Å². The SMILES string of the molecule is Cn1c(=O)n(C2CCC(=O)NC2=O)c2ccc(N3CCN(C(=O)OC(C)(C)C)CC3=O)cc21. The third-order valence-electron chi connectivity index (χ3n) is 5.78. The fraction of sp³-hybridized carbons (Fsp3) is 0.500. The average molecular weight is 457 g/mol. The van der Waals surface area contributed by atoms with Gasteiger partial charge in [-0.05, 0) is 45.4 Å². The van der Waals surface area contributed by atoms with Gasteiger partial charge in [-0.2, -0.15) is 0 Å². The highest BCUT2D eigenvalue weighted by molar-refractivity contribution is 6.01. The Kier molecular flexibility index (Phi) is 5.51. The summed E-state index contributed by atoms with van der Waals surface area (Å²) in [6.45, 7) is 5.79. The van der Waals surface area contributed by atoms with Crippen molar-refractivity contribution in [3.8, 4) is 0 Å². The van der Waals surface area contributed by atoms with E-state index in [1.165, 1.54) is 14.0 Å². The molecule has 0 bridgehead atoms. The summed E-state index contributed by atoms with van der Waals surface area (Å²) >= 11 is 0. The van der Waals surface area contributed by atoms with E-state index in [4.69, 9.17) is 4.74 Å². The zero-order valence-electron chi connectivity index (χ0n) is 19.1. The van der Waals surface area contributed by atoms with Crippen molar-refractivity contribution in [2.45, 2.75) is 45.3 Å². The highest BCUT2D eigenvalue weighted by Gasteiger charge is 2.33. The van der Waals surface area contributed by atoms with Crippen LogP contribution in [0.4, 0.5) is 10.5 Å². The van der Waals surface area contributed by atoms with Crippen LogP contribution in [0, 0.1) is 0 Å². The van der Waals surface area contributed by atoms with E-state index in [-0.39, 0.29) is 43.4 Å². The van der Waals surface area contributed by atoms with E-state index in [1.54, 1.807) is 50.9 Å². The van der Waals surface area contributed by atoms with Gasteiger partial charge < -0.3 is 9.64 Å². The van der Waals surface area contributed by atoms with Crippen molar-refractivity contribution in [2.24, 2.45) is 7.05 Å². The van der Waals surface area contributed by atoms with E-state index in [9.17, 15) is 24.0 Å². The Morgan fingerprint density at radius 2 is 1.82 bits per heavy atom. The normalized spacial score (nSPS) is 19.8. The van der Waals surface area contributed by atoms with Crippen LogP contribution in [-0.2, 0) is 26.2 Å². The van der Waals surface area contributed by atoms with Gasteiger partial charge in [0.15, 0.2) is 0 Å². The molecule has 33 heavy (non-hydrogen) atoms. The maximum Gasteiger partial charge on any atom is 0.410 e. The van der Waals surface area contributed by atoms with Gasteiger partial charge in [0.25, 0.3) is 0 Å². The second-order valence-electron chi connectivity index (χ2n) is 9.30. The predicted molar refractivity (Wildman–Crippen MR) is 119 cm³/mol.